The Bertz CT molecular complexity index is 1370. The molecule has 1 spiro atoms. The lowest BCUT2D eigenvalue weighted by atomic mass is 9.77. The molecule has 0 aliphatic carbocycles. The van der Waals surface area contributed by atoms with E-state index in [-0.39, 0.29) is 29.9 Å². The molecule has 1 aromatic heterocycles. The number of pyridine rings is 1. The second kappa shape index (κ2) is 7.75. The first-order valence-electron chi connectivity index (χ1n) is 11.6. The Hall–Kier alpha value is -3.52. The largest absolute Gasteiger partial charge is 0.462 e. The number of amidine groups is 1. The van der Waals surface area contributed by atoms with Crippen molar-refractivity contribution in [2.24, 2.45) is 10.7 Å². The number of nitrogens with zero attached hydrogens (tertiary/aromatic N) is 2. The molecule has 3 aliphatic rings. The number of benzene rings is 2. The molecule has 2 atom stereocenters. The van der Waals surface area contributed by atoms with Crippen LogP contribution in [0.5, 0.6) is 11.5 Å². The van der Waals surface area contributed by atoms with E-state index in [9.17, 15) is 4.39 Å². The van der Waals surface area contributed by atoms with Gasteiger partial charge < -0.3 is 19.9 Å². The Kier molecular flexibility index (Phi) is 4.86. The minimum atomic E-state index is -1.11. The molecule has 0 radical (unpaired) electrons. The molecule has 4 heterocycles. The van der Waals surface area contributed by atoms with Gasteiger partial charge in [0, 0.05) is 29.5 Å². The number of hydrogen-bond donors (Lipinski definition) is 1. The van der Waals surface area contributed by atoms with Crippen molar-refractivity contribution in [1.29, 1.82) is 0 Å². The minimum absolute atomic E-state index is 0.0137. The Labute approximate surface area is 201 Å². The van der Waals surface area contributed by atoms with Gasteiger partial charge in [0.2, 0.25) is 5.95 Å². The van der Waals surface area contributed by atoms with Gasteiger partial charge in [-0.3, -0.25) is 0 Å². The lowest BCUT2D eigenvalue weighted by Crippen LogP contribution is -2.34. The van der Waals surface area contributed by atoms with Crippen molar-refractivity contribution in [3.8, 4) is 22.6 Å². The SMILES string of the molecule is CC1(C)C[C@@H](c2cc(F)c3c(c2)[C@]2(COC(N)=N2)c2cc(-c4cccnc4F)ccc2O3)CCO1. The second-order valence-electron chi connectivity index (χ2n) is 9.93. The molecule has 8 heteroatoms. The van der Waals surface area contributed by atoms with Crippen LogP contribution in [0.2, 0.25) is 0 Å². The molecule has 6 nitrogen and oxygen atoms in total. The van der Waals surface area contributed by atoms with Gasteiger partial charge in [0.1, 0.15) is 12.4 Å². The predicted molar refractivity (Wildman–Crippen MR) is 126 cm³/mol. The van der Waals surface area contributed by atoms with Gasteiger partial charge in [-0.25, -0.2) is 14.4 Å². The van der Waals surface area contributed by atoms with Crippen LogP contribution in [0.1, 0.15) is 49.3 Å². The lowest BCUT2D eigenvalue weighted by Gasteiger charge is -2.37. The minimum Gasteiger partial charge on any atom is -0.462 e. The maximum Gasteiger partial charge on any atom is 0.283 e. The van der Waals surface area contributed by atoms with Gasteiger partial charge in [-0.2, -0.15) is 4.39 Å². The molecule has 6 rings (SSSR count). The fourth-order valence-electron chi connectivity index (χ4n) is 5.45. The zero-order valence-electron chi connectivity index (χ0n) is 19.5. The monoisotopic (exact) mass is 477 g/mol. The lowest BCUT2D eigenvalue weighted by molar-refractivity contribution is -0.0593. The van der Waals surface area contributed by atoms with E-state index in [1.165, 1.54) is 6.20 Å². The van der Waals surface area contributed by atoms with Crippen LogP contribution in [0.25, 0.3) is 11.1 Å². The number of fused-ring (bicyclic) bond motifs is 4. The van der Waals surface area contributed by atoms with Crippen molar-refractivity contribution in [1.82, 2.24) is 4.98 Å². The van der Waals surface area contributed by atoms with E-state index in [1.807, 2.05) is 19.9 Å². The van der Waals surface area contributed by atoms with E-state index in [0.717, 1.165) is 18.4 Å². The number of aliphatic imine (C=N–C) groups is 1. The Morgan fingerprint density at radius 1 is 1.09 bits per heavy atom. The van der Waals surface area contributed by atoms with Crippen LogP contribution in [-0.2, 0) is 15.0 Å². The fourth-order valence-corrected chi connectivity index (χ4v) is 5.45. The van der Waals surface area contributed by atoms with E-state index in [4.69, 9.17) is 19.9 Å². The third-order valence-electron chi connectivity index (χ3n) is 7.12. The van der Waals surface area contributed by atoms with E-state index >= 15 is 4.39 Å². The van der Waals surface area contributed by atoms with Crippen LogP contribution in [0, 0.1) is 11.8 Å². The number of nitrogens with two attached hydrogens (primary N) is 1. The number of ether oxygens (including phenoxy) is 3. The molecule has 0 amide bonds. The number of halogens is 2. The summed E-state index contributed by atoms with van der Waals surface area (Å²) < 4.78 is 47.6. The highest BCUT2D eigenvalue weighted by molar-refractivity contribution is 5.78. The van der Waals surface area contributed by atoms with E-state index in [2.05, 4.69) is 9.98 Å². The molecule has 2 aromatic carbocycles. The average molecular weight is 478 g/mol. The Morgan fingerprint density at radius 3 is 2.69 bits per heavy atom. The quantitative estimate of drug-likeness (QED) is 0.501. The molecule has 1 fully saturated rings. The first kappa shape index (κ1) is 22.0. The summed E-state index contributed by atoms with van der Waals surface area (Å²) in [6.07, 6.45) is 2.95. The first-order chi connectivity index (χ1) is 16.8. The van der Waals surface area contributed by atoms with Crippen LogP contribution >= 0.6 is 0 Å². The highest BCUT2D eigenvalue weighted by Gasteiger charge is 2.48. The van der Waals surface area contributed by atoms with Crippen LogP contribution in [0.4, 0.5) is 8.78 Å². The highest BCUT2D eigenvalue weighted by atomic mass is 19.1. The molecular formula is C27H25F2N3O3. The highest BCUT2D eigenvalue weighted by Crippen LogP contribution is 2.53. The third-order valence-corrected chi connectivity index (χ3v) is 7.12. The van der Waals surface area contributed by atoms with Gasteiger partial charge in [0.25, 0.3) is 6.02 Å². The fraction of sp³-hybridized carbons (Fsp3) is 0.333. The summed E-state index contributed by atoms with van der Waals surface area (Å²) in [5.41, 5.74) is 7.57. The van der Waals surface area contributed by atoms with Crippen LogP contribution < -0.4 is 10.5 Å². The van der Waals surface area contributed by atoms with Gasteiger partial charge in [-0.05, 0) is 80.1 Å². The van der Waals surface area contributed by atoms with E-state index < -0.39 is 17.3 Å². The summed E-state index contributed by atoms with van der Waals surface area (Å²) in [5, 5.41) is 0. The van der Waals surface area contributed by atoms with Gasteiger partial charge in [0.05, 0.1) is 5.60 Å². The smallest absolute Gasteiger partial charge is 0.283 e. The third kappa shape index (κ3) is 3.55. The summed E-state index contributed by atoms with van der Waals surface area (Å²) >= 11 is 0. The van der Waals surface area contributed by atoms with Crippen LogP contribution in [0.15, 0.2) is 53.7 Å². The maximum atomic E-state index is 15.6. The zero-order valence-corrected chi connectivity index (χ0v) is 19.5. The summed E-state index contributed by atoms with van der Waals surface area (Å²) in [7, 11) is 0. The molecule has 0 saturated carbocycles. The van der Waals surface area contributed by atoms with Crippen LogP contribution in [0.3, 0.4) is 0 Å². The molecule has 180 valence electrons. The van der Waals surface area contributed by atoms with Gasteiger partial charge in [-0.15, -0.1) is 0 Å². The van der Waals surface area contributed by atoms with Gasteiger partial charge in [-0.1, -0.05) is 6.07 Å². The van der Waals surface area contributed by atoms with Crippen molar-refractivity contribution < 1.29 is 23.0 Å². The number of hydrogen-bond acceptors (Lipinski definition) is 6. The molecule has 35 heavy (non-hydrogen) atoms. The molecule has 1 saturated heterocycles. The predicted octanol–water partition coefficient (Wildman–Crippen LogP) is 5.39. The van der Waals surface area contributed by atoms with Gasteiger partial charge in [0.15, 0.2) is 17.1 Å². The summed E-state index contributed by atoms with van der Waals surface area (Å²) in [5.74, 6) is -0.396. The second-order valence-corrected chi connectivity index (χ2v) is 9.93. The molecular weight excluding hydrogens is 452 g/mol. The van der Waals surface area contributed by atoms with Crippen molar-refractivity contribution in [3.63, 3.8) is 0 Å². The normalized spacial score (nSPS) is 24.2. The maximum absolute atomic E-state index is 15.6. The summed E-state index contributed by atoms with van der Waals surface area (Å²) in [4.78, 5) is 8.43. The van der Waals surface area contributed by atoms with Crippen molar-refractivity contribution in [2.45, 2.75) is 43.7 Å². The molecule has 2 N–H and O–H groups in total. The molecule has 0 unspecified atom stereocenters. The van der Waals surface area contributed by atoms with E-state index in [0.29, 0.717) is 34.6 Å². The van der Waals surface area contributed by atoms with E-state index in [1.54, 1.807) is 36.4 Å². The summed E-state index contributed by atoms with van der Waals surface area (Å²) in [6.45, 7) is 4.78. The van der Waals surface area contributed by atoms with Gasteiger partial charge >= 0.3 is 0 Å². The van der Waals surface area contributed by atoms with Crippen molar-refractivity contribution in [2.75, 3.05) is 13.2 Å². The average Bonchev–Trinajstić information content (AvgIpc) is 3.21. The summed E-state index contributed by atoms with van der Waals surface area (Å²) in [6, 6.07) is 12.1. The molecule has 3 aromatic rings. The Morgan fingerprint density at radius 2 is 1.94 bits per heavy atom. The zero-order chi connectivity index (χ0) is 24.4. The number of rotatable bonds is 2. The topological polar surface area (TPSA) is 79.0 Å². The standard InChI is InChI=1S/C27H25F2N3O3/c1-26(2)13-16(7-9-34-26)17-11-20-23(21(28)12-17)35-22-6-5-15(18-4-3-8-31-24(18)29)10-19(22)27(20)14-33-25(30)32-27/h3-6,8,10-12,16H,7,9,13-14H2,1-2H3,(H2,30,32)/t16-,27-/m0/s1. The first-order valence-corrected chi connectivity index (χ1v) is 11.6. The molecule has 3 aliphatic heterocycles. The van der Waals surface area contributed by atoms with Crippen molar-refractivity contribution >= 4 is 6.02 Å². The van der Waals surface area contributed by atoms with Crippen LogP contribution in [-0.4, -0.2) is 29.8 Å². The molecule has 0 bridgehead atoms. The number of aromatic nitrogens is 1. The van der Waals surface area contributed by atoms with Crippen molar-refractivity contribution in [3.05, 3.63) is 77.1 Å². The Balaban J connectivity index is 1.52.